The molecule has 0 aliphatic carbocycles. The Morgan fingerprint density at radius 2 is 1.47 bits per heavy atom. The molecule has 0 heterocycles. The van der Waals surface area contributed by atoms with Crippen molar-refractivity contribution in [2.45, 2.75) is 6.92 Å². The van der Waals surface area contributed by atoms with Gasteiger partial charge in [0.15, 0.2) is 0 Å². The van der Waals surface area contributed by atoms with Gasteiger partial charge in [-0.15, -0.1) is 0 Å². The minimum absolute atomic E-state index is 0.131. The molecule has 0 saturated heterocycles. The molecule has 6 heteroatoms. The van der Waals surface area contributed by atoms with Crippen LogP contribution in [-0.2, 0) is 28.6 Å². The van der Waals surface area contributed by atoms with Crippen LogP contribution in [0.3, 0.4) is 0 Å². The lowest BCUT2D eigenvalue weighted by atomic mass is 10.4. The Balaban J connectivity index is 3.64. The Kier molecular flexibility index (Phi) is 5.77. The molecule has 0 aromatic rings. The molecule has 0 aliphatic heterocycles. The first-order valence-electron chi connectivity index (χ1n) is 4.06. The van der Waals surface area contributed by atoms with Gasteiger partial charge in [0.1, 0.15) is 13.2 Å². The zero-order valence-electron chi connectivity index (χ0n) is 8.57. The summed E-state index contributed by atoms with van der Waals surface area (Å²) < 4.78 is 13.1. The molecule has 6 nitrogen and oxygen atoms in total. The van der Waals surface area contributed by atoms with Crippen LogP contribution in [0.15, 0.2) is 12.2 Å². The molecule has 0 bridgehead atoms. The number of rotatable bonds is 4. The zero-order chi connectivity index (χ0) is 11.8. The van der Waals surface area contributed by atoms with Crippen LogP contribution in [0.4, 0.5) is 0 Å². The van der Waals surface area contributed by atoms with Crippen molar-refractivity contribution in [2.75, 3.05) is 20.3 Å². The van der Waals surface area contributed by atoms with Crippen molar-refractivity contribution >= 4 is 17.9 Å². The molecule has 0 rings (SSSR count). The summed E-state index contributed by atoms with van der Waals surface area (Å²) in [6.45, 7) is 4.51. The van der Waals surface area contributed by atoms with Gasteiger partial charge in [-0.1, -0.05) is 6.58 Å². The first kappa shape index (κ1) is 13.2. The fourth-order valence-corrected chi connectivity index (χ4v) is 0.534. The van der Waals surface area contributed by atoms with E-state index >= 15 is 0 Å². The molecule has 0 aliphatic rings. The number of methoxy groups -OCH3 is 1. The minimum Gasteiger partial charge on any atom is -0.461 e. The van der Waals surface area contributed by atoms with Crippen LogP contribution >= 0.6 is 0 Å². The highest BCUT2D eigenvalue weighted by molar-refractivity contribution is 6.29. The van der Waals surface area contributed by atoms with Gasteiger partial charge in [-0.05, 0) is 6.92 Å². The summed E-state index contributed by atoms with van der Waals surface area (Å²) in [5, 5.41) is 0. The molecule has 15 heavy (non-hydrogen) atoms. The van der Waals surface area contributed by atoms with Gasteiger partial charge in [-0.25, -0.2) is 14.4 Å². The summed E-state index contributed by atoms with van der Waals surface area (Å²) in [5.74, 6) is -2.80. The van der Waals surface area contributed by atoms with Crippen molar-refractivity contribution in [1.82, 2.24) is 0 Å². The van der Waals surface area contributed by atoms with E-state index < -0.39 is 17.9 Å². The Bertz CT molecular complexity index is 280. The quantitative estimate of drug-likeness (QED) is 0.213. The van der Waals surface area contributed by atoms with E-state index in [1.807, 2.05) is 0 Å². The Hall–Kier alpha value is -1.85. The van der Waals surface area contributed by atoms with Crippen LogP contribution in [0.1, 0.15) is 6.92 Å². The van der Waals surface area contributed by atoms with Gasteiger partial charge in [-0.3, -0.25) is 0 Å². The molecule has 0 unspecified atom stereocenters. The zero-order valence-corrected chi connectivity index (χ0v) is 8.57. The largest absolute Gasteiger partial charge is 0.461 e. The predicted octanol–water partition coefficient (Wildman–Crippen LogP) is -0.178. The smallest absolute Gasteiger partial charge is 0.417 e. The van der Waals surface area contributed by atoms with E-state index in [9.17, 15) is 14.4 Å². The van der Waals surface area contributed by atoms with Crippen molar-refractivity contribution in [2.24, 2.45) is 0 Å². The van der Waals surface area contributed by atoms with Gasteiger partial charge in [-0.2, -0.15) is 0 Å². The maximum atomic E-state index is 10.8. The lowest BCUT2D eigenvalue weighted by Crippen LogP contribution is -2.21. The van der Waals surface area contributed by atoms with Crippen molar-refractivity contribution in [3.8, 4) is 0 Å². The van der Waals surface area contributed by atoms with E-state index in [4.69, 9.17) is 0 Å². The van der Waals surface area contributed by atoms with Crippen molar-refractivity contribution in [3.05, 3.63) is 12.2 Å². The second-order valence-electron chi connectivity index (χ2n) is 2.54. The number of ether oxygens (including phenoxy) is 3. The summed E-state index contributed by atoms with van der Waals surface area (Å²) in [5.41, 5.74) is 0.245. The van der Waals surface area contributed by atoms with E-state index in [1.165, 1.54) is 6.92 Å². The first-order chi connectivity index (χ1) is 6.99. The molecule has 0 atom stereocenters. The SMILES string of the molecule is C=C(C)C(=O)OCCOC(=O)C(=O)OC. The molecule has 0 amide bonds. The molecule has 0 N–H and O–H groups in total. The Morgan fingerprint density at radius 1 is 1.00 bits per heavy atom. The van der Waals surface area contributed by atoms with E-state index in [0.29, 0.717) is 0 Å². The maximum absolute atomic E-state index is 10.8. The molecule has 0 fully saturated rings. The van der Waals surface area contributed by atoms with Crippen LogP contribution in [0.5, 0.6) is 0 Å². The topological polar surface area (TPSA) is 78.9 Å². The third-order valence-corrected chi connectivity index (χ3v) is 1.25. The lowest BCUT2D eigenvalue weighted by Gasteiger charge is -2.04. The molecule has 0 saturated carbocycles. The van der Waals surface area contributed by atoms with Crippen molar-refractivity contribution in [3.63, 3.8) is 0 Å². The van der Waals surface area contributed by atoms with Crippen LogP contribution < -0.4 is 0 Å². The normalized spacial score (nSPS) is 8.93. The van der Waals surface area contributed by atoms with E-state index in [2.05, 4.69) is 20.8 Å². The van der Waals surface area contributed by atoms with Gasteiger partial charge >= 0.3 is 17.9 Å². The summed E-state index contributed by atoms with van der Waals surface area (Å²) in [7, 11) is 1.06. The van der Waals surface area contributed by atoms with Crippen LogP contribution in [0.2, 0.25) is 0 Å². The monoisotopic (exact) mass is 216 g/mol. The number of carbonyl (C=O) groups excluding carboxylic acids is 3. The Labute approximate surface area is 86.8 Å². The van der Waals surface area contributed by atoms with Gasteiger partial charge in [0.05, 0.1) is 7.11 Å². The molecule has 0 radical (unpaired) electrons. The average molecular weight is 216 g/mol. The molecule has 0 aromatic carbocycles. The Morgan fingerprint density at radius 3 is 1.87 bits per heavy atom. The van der Waals surface area contributed by atoms with E-state index in [-0.39, 0.29) is 18.8 Å². The average Bonchev–Trinajstić information content (AvgIpc) is 2.22. The highest BCUT2D eigenvalue weighted by Crippen LogP contribution is 1.92. The van der Waals surface area contributed by atoms with Gasteiger partial charge in [0.25, 0.3) is 0 Å². The van der Waals surface area contributed by atoms with Crippen molar-refractivity contribution < 1.29 is 28.6 Å². The molecule has 84 valence electrons. The molecule has 0 spiro atoms. The van der Waals surface area contributed by atoms with Gasteiger partial charge in [0.2, 0.25) is 0 Å². The first-order valence-corrected chi connectivity index (χ1v) is 4.06. The fourth-order valence-electron chi connectivity index (χ4n) is 0.534. The van der Waals surface area contributed by atoms with Crippen LogP contribution in [0.25, 0.3) is 0 Å². The van der Waals surface area contributed by atoms with Crippen LogP contribution in [-0.4, -0.2) is 38.2 Å². The standard InChI is InChI=1S/C9H12O6/c1-6(2)7(10)14-4-5-15-9(12)8(11)13-3/h1,4-5H2,2-3H3. The second kappa shape index (κ2) is 6.58. The summed E-state index contributed by atoms with van der Waals surface area (Å²) >= 11 is 0. The van der Waals surface area contributed by atoms with E-state index in [1.54, 1.807) is 0 Å². The van der Waals surface area contributed by atoms with Crippen LogP contribution in [0, 0.1) is 0 Å². The van der Waals surface area contributed by atoms with Gasteiger partial charge < -0.3 is 14.2 Å². The maximum Gasteiger partial charge on any atom is 0.417 e. The molecular weight excluding hydrogens is 204 g/mol. The molecular formula is C9H12O6. The highest BCUT2D eigenvalue weighted by atomic mass is 16.6. The number of esters is 3. The lowest BCUT2D eigenvalue weighted by molar-refractivity contribution is -0.167. The highest BCUT2D eigenvalue weighted by Gasteiger charge is 2.15. The predicted molar refractivity (Wildman–Crippen MR) is 48.7 cm³/mol. The molecule has 0 aromatic heterocycles. The summed E-state index contributed by atoms with van der Waals surface area (Å²) in [6, 6.07) is 0. The number of hydrogen-bond acceptors (Lipinski definition) is 6. The fraction of sp³-hybridized carbons (Fsp3) is 0.444. The third kappa shape index (κ3) is 5.45. The summed E-state index contributed by atoms with van der Waals surface area (Å²) in [4.78, 5) is 32.1. The summed E-state index contributed by atoms with van der Waals surface area (Å²) in [6.07, 6.45) is 0. The minimum atomic E-state index is -1.12. The number of carbonyl (C=O) groups is 3. The van der Waals surface area contributed by atoms with Crippen molar-refractivity contribution in [1.29, 1.82) is 0 Å². The number of hydrogen-bond donors (Lipinski definition) is 0. The second-order valence-corrected chi connectivity index (χ2v) is 2.54. The van der Waals surface area contributed by atoms with E-state index in [0.717, 1.165) is 7.11 Å². The third-order valence-electron chi connectivity index (χ3n) is 1.25. The van der Waals surface area contributed by atoms with Gasteiger partial charge in [0, 0.05) is 5.57 Å².